The zero-order valence-electron chi connectivity index (χ0n) is 14.7. The number of halogens is 2. The Morgan fingerprint density at radius 3 is 2.31 bits per heavy atom. The topological polar surface area (TPSA) is 126 Å². The van der Waals surface area contributed by atoms with Crippen LogP contribution in [0.4, 0.5) is 8.78 Å². The maximum atomic E-state index is 13.6. The minimum absolute atomic E-state index is 0.0921. The molecule has 3 N–H and O–H groups in total. The fraction of sp³-hybridized carbons (Fsp3) is 0.111. The summed E-state index contributed by atoms with van der Waals surface area (Å²) in [6.45, 7) is -0.681. The molecule has 0 unspecified atom stereocenters. The van der Waals surface area contributed by atoms with Crippen LogP contribution >= 0.6 is 0 Å². The van der Waals surface area contributed by atoms with Gasteiger partial charge in [-0.15, -0.1) is 5.10 Å². The SMILES string of the molecule is O=C(O)CN/N=c1\n(Cc2ccc(F)c(F)c2)c2ccccc2n1C(=O)C(=O)O. The number of para-hydroxylation sites is 2. The molecule has 3 aromatic rings. The van der Waals surface area contributed by atoms with Crippen molar-refractivity contribution in [3.63, 3.8) is 0 Å². The summed E-state index contributed by atoms with van der Waals surface area (Å²) in [5.74, 6) is -6.40. The lowest BCUT2D eigenvalue weighted by molar-refractivity contribution is -0.136. The zero-order valence-corrected chi connectivity index (χ0v) is 14.7. The van der Waals surface area contributed by atoms with Gasteiger partial charge in [-0.2, -0.15) is 0 Å². The molecule has 1 heterocycles. The van der Waals surface area contributed by atoms with Gasteiger partial charge in [0.1, 0.15) is 6.54 Å². The third-order valence-corrected chi connectivity index (χ3v) is 3.97. The molecule has 0 radical (unpaired) electrons. The van der Waals surface area contributed by atoms with Gasteiger partial charge in [-0.1, -0.05) is 18.2 Å². The standard InChI is InChI=1S/C18H14F2N4O5/c19-11-6-5-10(7-12(11)20)9-23-13-3-1-2-4-14(13)24(16(27)17(28)29)18(23)22-21-8-15(25)26/h1-7,21H,8-9H2,(H,25,26)(H,28,29)/b22-18+. The first-order valence-corrected chi connectivity index (χ1v) is 8.20. The van der Waals surface area contributed by atoms with E-state index in [0.717, 1.165) is 16.7 Å². The Morgan fingerprint density at radius 1 is 1.00 bits per heavy atom. The van der Waals surface area contributed by atoms with E-state index in [4.69, 9.17) is 5.11 Å². The molecule has 0 saturated carbocycles. The number of aromatic nitrogens is 2. The van der Waals surface area contributed by atoms with Crippen molar-refractivity contribution in [2.45, 2.75) is 6.54 Å². The van der Waals surface area contributed by atoms with Crippen molar-refractivity contribution in [3.8, 4) is 0 Å². The summed E-state index contributed by atoms with van der Waals surface area (Å²) in [6.07, 6.45) is 0. The number of nitrogens with one attached hydrogen (secondary N) is 1. The summed E-state index contributed by atoms with van der Waals surface area (Å²) in [5, 5.41) is 21.8. The molecule has 9 nitrogen and oxygen atoms in total. The monoisotopic (exact) mass is 404 g/mol. The largest absolute Gasteiger partial charge is 0.480 e. The van der Waals surface area contributed by atoms with Crippen LogP contribution in [-0.2, 0) is 16.1 Å². The number of carbonyl (C=O) groups is 3. The van der Waals surface area contributed by atoms with Gasteiger partial charge in [0.05, 0.1) is 17.6 Å². The Hall–Kier alpha value is -4.02. The van der Waals surface area contributed by atoms with Crippen LogP contribution in [0.25, 0.3) is 11.0 Å². The van der Waals surface area contributed by atoms with Gasteiger partial charge >= 0.3 is 17.8 Å². The number of nitrogens with zero attached hydrogens (tertiary/aromatic N) is 3. The molecule has 0 saturated heterocycles. The number of rotatable bonds is 5. The molecule has 0 aliphatic rings. The van der Waals surface area contributed by atoms with Gasteiger partial charge in [-0.25, -0.2) is 18.1 Å². The molecule has 0 spiro atoms. The highest BCUT2D eigenvalue weighted by Gasteiger charge is 2.22. The average molecular weight is 404 g/mol. The molecule has 11 heteroatoms. The number of benzene rings is 2. The number of hydrogen-bond donors (Lipinski definition) is 3. The van der Waals surface area contributed by atoms with E-state index >= 15 is 0 Å². The molecule has 3 rings (SSSR count). The smallest absolute Gasteiger partial charge is 0.395 e. The van der Waals surface area contributed by atoms with Crippen molar-refractivity contribution >= 4 is 28.9 Å². The lowest BCUT2D eigenvalue weighted by Gasteiger charge is -2.06. The Kier molecular flexibility index (Phi) is 5.39. The van der Waals surface area contributed by atoms with Gasteiger partial charge in [-0.05, 0) is 29.8 Å². The van der Waals surface area contributed by atoms with Crippen molar-refractivity contribution in [3.05, 3.63) is 65.3 Å². The Bertz CT molecular complexity index is 1200. The normalized spacial score (nSPS) is 11.6. The summed E-state index contributed by atoms with van der Waals surface area (Å²) >= 11 is 0. The van der Waals surface area contributed by atoms with Crippen molar-refractivity contribution in [2.75, 3.05) is 6.54 Å². The van der Waals surface area contributed by atoms with Gasteiger partial charge in [0.25, 0.3) is 0 Å². The lowest BCUT2D eigenvalue weighted by Crippen LogP contribution is -2.36. The predicted octanol–water partition coefficient (Wildman–Crippen LogP) is 0.984. The quantitative estimate of drug-likeness (QED) is 0.430. The van der Waals surface area contributed by atoms with Gasteiger partial charge in [0, 0.05) is 0 Å². The second-order valence-corrected chi connectivity index (χ2v) is 5.91. The maximum Gasteiger partial charge on any atom is 0.395 e. The van der Waals surface area contributed by atoms with Gasteiger partial charge in [0.2, 0.25) is 5.62 Å². The summed E-state index contributed by atoms with van der Waals surface area (Å²) in [7, 11) is 0. The van der Waals surface area contributed by atoms with Crippen molar-refractivity contribution in [1.29, 1.82) is 0 Å². The Balaban J connectivity index is 2.25. The molecule has 150 valence electrons. The lowest BCUT2D eigenvalue weighted by atomic mass is 10.2. The summed E-state index contributed by atoms with van der Waals surface area (Å²) in [5.41, 5.74) is 2.91. The Labute approximate surface area is 161 Å². The first-order chi connectivity index (χ1) is 13.8. The van der Waals surface area contributed by atoms with E-state index in [1.165, 1.54) is 16.7 Å². The average Bonchev–Trinajstić information content (AvgIpc) is 2.97. The molecule has 1 aromatic heterocycles. The predicted molar refractivity (Wildman–Crippen MR) is 94.9 cm³/mol. The highest BCUT2D eigenvalue weighted by molar-refractivity contribution is 6.33. The molecular weight excluding hydrogens is 390 g/mol. The highest BCUT2D eigenvalue weighted by atomic mass is 19.2. The van der Waals surface area contributed by atoms with Crippen LogP contribution in [0.5, 0.6) is 0 Å². The summed E-state index contributed by atoms with van der Waals surface area (Å²) < 4.78 is 29.0. The number of carboxylic acids is 2. The molecule has 29 heavy (non-hydrogen) atoms. The van der Waals surface area contributed by atoms with Crippen LogP contribution in [-0.4, -0.2) is 43.7 Å². The highest BCUT2D eigenvalue weighted by Crippen LogP contribution is 2.16. The summed E-state index contributed by atoms with van der Waals surface area (Å²) in [4.78, 5) is 34.3. The van der Waals surface area contributed by atoms with E-state index in [2.05, 4.69) is 10.5 Å². The number of aliphatic carboxylic acids is 2. The van der Waals surface area contributed by atoms with Crippen molar-refractivity contribution < 1.29 is 33.4 Å². The first kappa shape index (κ1) is 19.7. The van der Waals surface area contributed by atoms with E-state index < -0.39 is 36.0 Å². The molecule has 2 aromatic carbocycles. The zero-order chi connectivity index (χ0) is 21.1. The number of imidazole rings is 1. The molecule has 0 atom stereocenters. The minimum atomic E-state index is -1.75. The number of carboxylic acid groups (broad SMARTS) is 2. The molecule has 0 aliphatic carbocycles. The third-order valence-electron chi connectivity index (χ3n) is 3.97. The Morgan fingerprint density at radius 2 is 1.69 bits per heavy atom. The number of hydrogen-bond acceptors (Lipinski definition) is 5. The third kappa shape index (κ3) is 3.98. The fourth-order valence-electron chi connectivity index (χ4n) is 2.78. The van der Waals surface area contributed by atoms with Gasteiger partial charge < -0.3 is 14.8 Å². The maximum absolute atomic E-state index is 13.6. The van der Waals surface area contributed by atoms with Crippen LogP contribution in [0, 0.1) is 11.6 Å². The minimum Gasteiger partial charge on any atom is -0.480 e. The van der Waals surface area contributed by atoms with E-state index in [1.54, 1.807) is 18.2 Å². The first-order valence-electron chi connectivity index (χ1n) is 8.20. The van der Waals surface area contributed by atoms with E-state index in [-0.39, 0.29) is 17.7 Å². The van der Waals surface area contributed by atoms with E-state index in [1.807, 2.05) is 0 Å². The second-order valence-electron chi connectivity index (χ2n) is 5.91. The second kappa shape index (κ2) is 7.92. The fourth-order valence-corrected chi connectivity index (χ4v) is 2.78. The van der Waals surface area contributed by atoms with Crippen LogP contribution < -0.4 is 11.0 Å². The molecule has 0 fully saturated rings. The van der Waals surface area contributed by atoms with Crippen LogP contribution in [0.15, 0.2) is 47.6 Å². The molecular formula is C18H14F2N4O5. The van der Waals surface area contributed by atoms with Crippen LogP contribution in [0.3, 0.4) is 0 Å². The number of carbonyl (C=O) groups excluding carboxylic acids is 1. The van der Waals surface area contributed by atoms with Gasteiger partial charge in [-0.3, -0.25) is 15.0 Å². The van der Waals surface area contributed by atoms with Gasteiger partial charge in [0.15, 0.2) is 11.6 Å². The van der Waals surface area contributed by atoms with E-state index in [9.17, 15) is 28.3 Å². The van der Waals surface area contributed by atoms with E-state index in [0.29, 0.717) is 11.1 Å². The van der Waals surface area contributed by atoms with Crippen LogP contribution in [0.2, 0.25) is 0 Å². The van der Waals surface area contributed by atoms with Crippen LogP contribution in [0.1, 0.15) is 10.4 Å². The number of fused-ring (bicyclic) bond motifs is 1. The van der Waals surface area contributed by atoms with Crippen molar-refractivity contribution in [1.82, 2.24) is 14.6 Å². The van der Waals surface area contributed by atoms with Crippen molar-refractivity contribution in [2.24, 2.45) is 5.10 Å². The molecule has 0 aliphatic heterocycles. The molecule has 0 bridgehead atoms. The molecule has 0 amide bonds. The summed E-state index contributed by atoms with van der Waals surface area (Å²) in [6, 6.07) is 9.49.